The van der Waals surface area contributed by atoms with Gasteiger partial charge in [0.1, 0.15) is 0 Å². The number of amides is 1. The Morgan fingerprint density at radius 1 is 1.50 bits per heavy atom. The molecule has 16 heavy (non-hydrogen) atoms. The molecule has 3 unspecified atom stereocenters. The lowest BCUT2D eigenvalue weighted by atomic mass is 10.1. The highest BCUT2D eigenvalue weighted by molar-refractivity contribution is 5.84. The van der Waals surface area contributed by atoms with Gasteiger partial charge in [-0.15, -0.1) is 0 Å². The average Bonchev–Trinajstić information content (AvgIpc) is 3.03. The average molecular weight is 224 g/mol. The quantitative estimate of drug-likeness (QED) is 0.776. The predicted octanol–water partition coefficient (Wildman–Crippen LogP) is 2.12. The second-order valence-corrected chi connectivity index (χ2v) is 5.36. The van der Waals surface area contributed by atoms with Gasteiger partial charge in [-0.2, -0.15) is 0 Å². The monoisotopic (exact) mass is 224 g/mol. The molecule has 0 spiro atoms. The van der Waals surface area contributed by atoms with E-state index >= 15 is 0 Å². The van der Waals surface area contributed by atoms with E-state index in [4.69, 9.17) is 0 Å². The van der Waals surface area contributed by atoms with Crippen LogP contribution >= 0.6 is 0 Å². The fourth-order valence-corrected chi connectivity index (χ4v) is 2.79. The molecule has 1 aliphatic heterocycles. The van der Waals surface area contributed by atoms with E-state index in [-0.39, 0.29) is 12.2 Å². The van der Waals surface area contributed by atoms with Gasteiger partial charge in [-0.05, 0) is 39.0 Å². The van der Waals surface area contributed by atoms with Crippen molar-refractivity contribution in [3.8, 4) is 0 Å². The first-order valence-electron chi connectivity index (χ1n) is 6.73. The molecular formula is C13H24N2O. The normalized spacial score (nSPS) is 32.2. The fourth-order valence-electron chi connectivity index (χ4n) is 2.79. The van der Waals surface area contributed by atoms with Gasteiger partial charge in [0.05, 0.1) is 12.2 Å². The van der Waals surface area contributed by atoms with E-state index in [1.54, 1.807) is 0 Å². The maximum absolute atomic E-state index is 12.3. The van der Waals surface area contributed by atoms with Crippen molar-refractivity contribution >= 4 is 5.91 Å². The molecule has 1 N–H and O–H groups in total. The Morgan fingerprint density at radius 2 is 2.19 bits per heavy atom. The summed E-state index contributed by atoms with van der Waals surface area (Å²) in [5.74, 6) is 1.10. The van der Waals surface area contributed by atoms with Crippen molar-refractivity contribution in [2.45, 2.75) is 71.1 Å². The first-order chi connectivity index (χ1) is 7.65. The van der Waals surface area contributed by atoms with Crippen molar-refractivity contribution < 1.29 is 4.79 Å². The van der Waals surface area contributed by atoms with Crippen LogP contribution < -0.4 is 5.32 Å². The lowest BCUT2D eigenvalue weighted by molar-refractivity contribution is -0.132. The summed E-state index contributed by atoms with van der Waals surface area (Å²) in [6, 6.07) is 0.512. The molecule has 3 atom stereocenters. The molecule has 1 aliphatic carbocycles. The number of nitrogens with one attached hydrogen (secondary N) is 1. The zero-order chi connectivity index (χ0) is 11.7. The molecule has 2 rings (SSSR count). The van der Waals surface area contributed by atoms with Crippen molar-refractivity contribution in [2.24, 2.45) is 5.92 Å². The minimum Gasteiger partial charge on any atom is -0.323 e. The number of rotatable bonds is 5. The van der Waals surface area contributed by atoms with E-state index in [1.165, 1.54) is 12.8 Å². The van der Waals surface area contributed by atoms with Gasteiger partial charge >= 0.3 is 0 Å². The van der Waals surface area contributed by atoms with Gasteiger partial charge in [0.15, 0.2) is 0 Å². The SMILES string of the molecule is CCCCC1NC(C)N(C(C)C2CC2)C1=O. The van der Waals surface area contributed by atoms with Crippen molar-refractivity contribution in [2.75, 3.05) is 0 Å². The first kappa shape index (κ1) is 11.9. The lowest BCUT2D eigenvalue weighted by Gasteiger charge is -2.28. The molecule has 2 fully saturated rings. The van der Waals surface area contributed by atoms with Gasteiger partial charge in [-0.25, -0.2) is 0 Å². The molecule has 0 bridgehead atoms. The van der Waals surface area contributed by atoms with Crippen LogP contribution in [0.15, 0.2) is 0 Å². The van der Waals surface area contributed by atoms with Crippen LogP contribution in [0.3, 0.4) is 0 Å². The van der Waals surface area contributed by atoms with Gasteiger partial charge in [-0.1, -0.05) is 19.8 Å². The molecule has 1 saturated carbocycles. The molecule has 92 valence electrons. The number of unbranched alkanes of at least 4 members (excludes halogenated alkanes) is 1. The van der Waals surface area contributed by atoms with E-state index in [1.807, 2.05) is 0 Å². The smallest absolute Gasteiger partial charge is 0.241 e. The molecule has 2 aliphatic rings. The molecule has 1 saturated heterocycles. The Hall–Kier alpha value is -0.570. The summed E-state index contributed by atoms with van der Waals surface area (Å²) in [5, 5.41) is 3.43. The summed E-state index contributed by atoms with van der Waals surface area (Å²) in [5.41, 5.74) is 0. The summed E-state index contributed by atoms with van der Waals surface area (Å²) in [6.45, 7) is 6.49. The van der Waals surface area contributed by atoms with Crippen LogP contribution in [-0.4, -0.2) is 29.1 Å². The van der Waals surface area contributed by atoms with Crippen LogP contribution in [0.1, 0.15) is 52.9 Å². The van der Waals surface area contributed by atoms with Crippen LogP contribution in [0, 0.1) is 5.92 Å². The van der Waals surface area contributed by atoms with Crippen LogP contribution in [0.2, 0.25) is 0 Å². The second kappa shape index (κ2) is 4.74. The van der Waals surface area contributed by atoms with Crippen LogP contribution in [0.25, 0.3) is 0 Å². The first-order valence-corrected chi connectivity index (χ1v) is 6.73. The van der Waals surface area contributed by atoms with Crippen molar-refractivity contribution in [3.05, 3.63) is 0 Å². The van der Waals surface area contributed by atoms with Crippen molar-refractivity contribution in [1.82, 2.24) is 10.2 Å². The second-order valence-electron chi connectivity index (χ2n) is 5.36. The highest BCUT2D eigenvalue weighted by Crippen LogP contribution is 2.37. The van der Waals surface area contributed by atoms with Gasteiger partial charge < -0.3 is 4.90 Å². The molecule has 0 aromatic rings. The fraction of sp³-hybridized carbons (Fsp3) is 0.923. The molecule has 0 radical (unpaired) electrons. The third kappa shape index (κ3) is 2.24. The van der Waals surface area contributed by atoms with E-state index in [2.05, 4.69) is 31.0 Å². The van der Waals surface area contributed by atoms with E-state index in [9.17, 15) is 4.79 Å². The molecule has 1 heterocycles. The Morgan fingerprint density at radius 3 is 2.75 bits per heavy atom. The summed E-state index contributed by atoms with van der Waals surface area (Å²) < 4.78 is 0. The Kier molecular flexibility index (Phi) is 3.53. The number of nitrogens with zero attached hydrogens (tertiary/aromatic N) is 1. The van der Waals surface area contributed by atoms with Crippen LogP contribution in [0.4, 0.5) is 0 Å². The number of hydrogen-bond acceptors (Lipinski definition) is 2. The van der Waals surface area contributed by atoms with E-state index in [0.29, 0.717) is 11.9 Å². The Bertz CT molecular complexity index is 263. The molecular weight excluding hydrogens is 200 g/mol. The van der Waals surface area contributed by atoms with Crippen LogP contribution in [-0.2, 0) is 4.79 Å². The van der Waals surface area contributed by atoms with Gasteiger partial charge in [0.2, 0.25) is 5.91 Å². The highest BCUT2D eigenvalue weighted by atomic mass is 16.2. The largest absolute Gasteiger partial charge is 0.323 e. The molecule has 3 heteroatoms. The third-order valence-electron chi connectivity index (χ3n) is 4.00. The Labute approximate surface area is 98.6 Å². The Balaban J connectivity index is 1.95. The highest BCUT2D eigenvalue weighted by Gasteiger charge is 2.43. The molecule has 0 aromatic heterocycles. The minimum absolute atomic E-state index is 0.0798. The summed E-state index contributed by atoms with van der Waals surface area (Å²) >= 11 is 0. The lowest BCUT2D eigenvalue weighted by Crippen LogP contribution is -2.42. The third-order valence-corrected chi connectivity index (χ3v) is 4.00. The van der Waals surface area contributed by atoms with E-state index in [0.717, 1.165) is 25.2 Å². The van der Waals surface area contributed by atoms with Crippen molar-refractivity contribution in [1.29, 1.82) is 0 Å². The van der Waals surface area contributed by atoms with E-state index < -0.39 is 0 Å². The molecule has 1 amide bonds. The number of hydrogen-bond donors (Lipinski definition) is 1. The van der Waals surface area contributed by atoms with Crippen LogP contribution in [0.5, 0.6) is 0 Å². The predicted molar refractivity (Wildman–Crippen MR) is 64.9 cm³/mol. The van der Waals surface area contributed by atoms with Crippen molar-refractivity contribution in [3.63, 3.8) is 0 Å². The van der Waals surface area contributed by atoms with Gasteiger partial charge in [0, 0.05) is 6.04 Å². The zero-order valence-corrected chi connectivity index (χ0v) is 10.7. The number of carbonyl (C=O) groups is 1. The number of carbonyl (C=O) groups excluding carboxylic acids is 1. The summed E-state index contributed by atoms with van der Waals surface area (Å²) in [7, 11) is 0. The van der Waals surface area contributed by atoms with Gasteiger partial charge in [0.25, 0.3) is 0 Å². The summed E-state index contributed by atoms with van der Waals surface area (Å²) in [6.07, 6.45) is 6.13. The zero-order valence-electron chi connectivity index (χ0n) is 10.7. The van der Waals surface area contributed by atoms with Gasteiger partial charge in [-0.3, -0.25) is 10.1 Å². The maximum atomic E-state index is 12.3. The minimum atomic E-state index is 0.0798. The topological polar surface area (TPSA) is 32.3 Å². The standard InChI is InChI=1S/C13H24N2O/c1-4-5-6-12-13(16)15(10(3)14-12)9(2)11-7-8-11/h9-12,14H,4-8H2,1-3H3. The molecule has 0 aromatic carbocycles. The molecule has 3 nitrogen and oxygen atoms in total. The summed E-state index contributed by atoms with van der Waals surface area (Å²) in [4.78, 5) is 14.3. The maximum Gasteiger partial charge on any atom is 0.241 e.